The Morgan fingerprint density at radius 1 is 1.00 bits per heavy atom. The van der Waals surface area contributed by atoms with Gasteiger partial charge in [0.2, 0.25) is 0 Å². The Hall–Kier alpha value is -4.46. The molecule has 2 aromatic heterocycles. The maximum atomic E-state index is 12.6. The molecule has 0 aliphatic heterocycles. The number of benzene rings is 2. The lowest BCUT2D eigenvalue weighted by atomic mass is 10.0. The highest BCUT2D eigenvalue weighted by Gasteiger charge is 2.18. The number of aromatic carboxylic acids is 1. The molecule has 0 unspecified atom stereocenters. The molecule has 0 saturated carbocycles. The van der Waals surface area contributed by atoms with Gasteiger partial charge in [-0.1, -0.05) is 24.3 Å². The number of nitrogens with one attached hydrogen (secondary N) is 2. The molecule has 0 aliphatic rings. The molecule has 3 N–H and O–H groups in total. The summed E-state index contributed by atoms with van der Waals surface area (Å²) < 4.78 is 5.56. The maximum Gasteiger partial charge on any atom is 0.354 e. The summed E-state index contributed by atoms with van der Waals surface area (Å²) in [4.78, 5) is 32.2. The van der Waals surface area contributed by atoms with Crippen LogP contribution in [0, 0.1) is 0 Å². The number of para-hydroxylation sites is 1. The van der Waals surface area contributed by atoms with Crippen LogP contribution in [0.2, 0.25) is 0 Å². The van der Waals surface area contributed by atoms with E-state index in [9.17, 15) is 9.59 Å². The molecule has 2 heterocycles. The van der Waals surface area contributed by atoms with Gasteiger partial charge in [-0.15, -0.1) is 0 Å². The first-order valence-electron chi connectivity index (χ1n) is 9.76. The Morgan fingerprint density at radius 2 is 1.78 bits per heavy atom. The van der Waals surface area contributed by atoms with Crippen LogP contribution in [0.4, 0.5) is 11.4 Å². The molecule has 2 aromatic carbocycles. The van der Waals surface area contributed by atoms with Crippen molar-refractivity contribution in [1.29, 1.82) is 0 Å². The van der Waals surface area contributed by atoms with Crippen molar-refractivity contribution in [2.24, 2.45) is 0 Å². The molecule has 160 valence electrons. The molecule has 0 atom stereocenters. The summed E-state index contributed by atoms with van der Waals surface area (Å²) in [5.41, 5.74) is 3.74. The van der Waals surface area contributed by atoms with E-state index in [1.54, 1.807) is 26.3 Å². The van der Waals surface area contributed by atoms with Crippen LogP contribution in [0.5, 0.6) is 5.75 Å². The third kappa shape index (κ3) is 3.93. The van der Waals surface area contributed by atoms with Crippen LogP contribution in [0.3, 0.4) is 0 Å². The standard InChI is InChI=1S/C24H20N4O4/c1-25-23(29)18-13-27-20-11-21(32-2)16(14-8-9-19(24(30)31)26-12-14)10-17(20)22(18)28-15-6-4-3-5-7-15/h3-13H,1-2H3,(H,25,29)(H,27,28)(H,30,31). The summed E-state index contributed by atoms with van der Waals surface area (Å²) in [6.07, 6.45) is 3.00. The van der Waals surface area contributed by atoms with Crippen molar-refractivity contribution in [3.63, 3.8) is 0 Å². The Bertz CT molecular complexity index is 1310. The Labute approximate surface area is 183 Å². The van der Waals surface area contributed by atoms with Crippen molar-refractivity contribution in [3.8, 4) is 16.9 Å². The molecule has 0 spiro atoms. The predicted octanol–water partition coefficient (Wildman–Crippen LogP) is 4.11. The predicted molar refractivity (Wildman–Crippen MR) is 122 cm³/mol. The Kier molecular flexibility index (Phi) is 5.67. The summed E-state index contributed by atoms with van der Waals surface area (Å²) in [5.74, 6) is -0.827. The first kappa shape index (κ1) is 20.8. The van der Waals surface area contributed by atoms with Crippen LogP contribution in [0.25, 0.3) is 22.0 Å². The summed E-state index contributed by atoms with van der Waals surface area (Å²) in [6.45, 7) is 0. The second kappa shape index (κ2) is 8.73. The lowest BCUT2D eigenvalue weighted by Gasteiger charge is -2.17. The maximum absolute atomic E-state index is 12.6. The normalized spacial score (nSPS) is 10.6. The van der Waals surface area contributed by atoms with Gasteiger partial charge >= 0.3 is 5.97 Å². The van der Waals surface area contributed by atoms with Gasteiger partial charge in [0.25, 0.3) is 5.91 Å². The summed E-state index contributed by atoms with van der Waals surface area (Å²) >= 11 is 0. The van der Waals surface area contributed by atoms with Gasteiger partial charge in [0.1, 0.15) is 11.4 Å². The monoisotopic (exact) mass is 428 g/mol. The molecule has 1 amide bonds. The molecule has 0 aliphatic carbocycles. The van der Waals surface area contributed by atoms with Crippen LogP contribution in [-0.4, -0.2) is 41.1 Å². The van der Waals surface area contributed by atoms with E-state index in [1.807, 2.05) is 36.4 Å². The number of methoxy groups -OCH3 is 1. The Balaban J connectivity index is 1.95. The third-order valence-corrected chi connectivity index (χ3v) is 5.00. The number of carboxylic acids is 1. The van der Waals surface area contributed by atoms with Crippen LogP contribution >= 0.6 is 0 Å². The highest BCUT2D eigenvalue weighted by molar-refractivity contribution is 6.09. The third-order valence-electron chi connectivity index (χ3n) is 5.00. The van der Waals surface area contributed by atoms with E-state index >= 15 is 0 Å². The smallest absolute Gasteiger partial charge is 0.354 e. The van der Waals surface area contributed by atoms with Crippen molar-refractivity contribution in [2.45, 2.75) is 0 Å². The molecule has 0 fully saturated rings. The van der Waals surface area contributed by atoms with Crippen LogP contribution in [-0.2, 0) is 0 Å². The van der Waals surface area contributed by atoms with Crippen molar-refractivity contribution in [1.82, 2.24) is 15.3 Å². The lowest BCUT2D eigenvalue weighted by molar-refractivity contribution is 0.0690. The van der Waals surface area contributed by atoms with Gasteiger partial charge in [-0.2, -0.15) is 0 Å². The van der Waals surface area contributed by atoms with Crippen molar-refractivity contribution in [2.75, 3.05) is 19.5 Å². The molecule has 8 nitrogen and oxygen atoms in total. The van der Waals surface area contributed by atoms with Gasteiger partial charge < -0.3 is 20.5 Å². The molecule has 32 heavy (non-hydrogen) atoms. The molecule has 4 aromatic rings. The van der Waals surface area contributed by atoms with E-state index in [-0.39, 0.29) is 11.6 Å². The SMILES string of the molecule is CNC(=O)c1cnc2cc(OC)c(-c3ccc(C(=O)O)nc3)cc2c1Nc1ccccc1. The second-order valence-corrected chi connectivity index (χ2v) is 6.92. The molecular formula is C24H20N4O4. The zero-order valence-corrected chi connectivity index (χ0v) is 17.4. The number of nitrogens with zero attached hydrogens (tertiary/aromatic N) is 2. The zero-order chi connectivity index (χ0) is 22.7. The van der Waals surface area contributed by atoms with E-state index in [2.05, 4.69) is 20.6 Å². The minimum atomic E-state index is -1.10. The van der Waals surface area contributed by atoms with E-state index in [4.69, 9.17) is 9.84 Å². The van der Waals surface area contributed by atoms with Crippen LogP contribution in [0.1, 0.15) is 20.8 Å². The van der Waals surface area contributed by atoms with Crippen LogP contribution < -0.4 is 15.4 Å². The van der Waals surface area contributed by atoms with Crippen molar-refractivity contribution >= 4 is 34.2 Å². The summed E-state index contributed by atoms with van der Waals surface area (Å²) in [6, 6.07) is 16.2. The average molecular weight is 428 g/mol. The first-order chi connectivity index (χ1) is 15.5. The Morgan fingerprint density at radius 3 is 2.41 bits per heavy atom. The molecule has 4 rings (SSSR count). The van der Waals surface area contributed by atoms with Gasteiger partial charge in [0.15, 0.2) is 0 Å². The minimum absolute atomic E-state index is 0.0523. The van der Waals surface area contributed by atoms with E-state index in [0.717, 1.165) is 5.69 Å². The van der Waals surface area contributed by atoms with Crippen LogP contribution in [0.15, 0.2) is 67.0 Å². The number of anilines is 2. The topological polar surface area (TPSA) is 113 Å². The van der Waals surface area contributed by atoms with E-state index < -0.39 is 5.97 Å². The second-order valence-electron chi connectivity index (χ2n) is 6.92. The average Bonchev–Trinajstić information content (AvgIpc) is 2.83. The van der Waals surface area contributed by atoms with E-state index in [0.29, 0.717) is 39.0 Å². The number of carbonyl (C=O) groups excluding carboxylic acids is 1. The first-order valence-corrected chi connectivity index (χ1v) is 9.76. The zero-order valence-electron chi connectivity index (χ0n) is 17.4. The number of aromatic nitrogens is 2. The lowest BCUT2D eigenvalue weighted by Crippen LogP contribution is -2.19. The number of carbonyl (C=O) groups is 2. The number of ether oxygens (including phenoxy) is 1. The molecule has 0 bridgehead atoms. The van der Waals surface area contributed by atoms with Gasteiger partial charge in [0.05, 0.1) is 23.9 Å². The molecule has 0 saturated heterocycles. The van der Waals surface area contributed by atoms with Crippen molar-refractivity contribution in [3.05, 3.63) is 78.2 Å². The van der Waals surface area contributed by atoms with Gasteiger partial charge in [-0.25, -0.2) is 9.78 Å². The molecular weight excluding hydrogens is 408 g/mol. The fourth-order valence-corrected chi connectivity index (χ4v) is 3.40. The summed E-state index contributed by atoms with van der Waals surface area (Å²) in [7, 11) is 3.11. The van der Waals surface area contributed by atoms with Gasteiger partial charge in [0, 0.05) is 47.7 Å². The quantitative estimate of drug-likeness (QED) is 0.424. The molecule has 0 radical (unpaired) electrons. The number of rotatable bonds is 6. The number of amides is 1. The fourth-order valence-electron chi connectivity index (χ4n) is 3.40. The summed E-state index contributed by atoms with van der Waals surface area (Å²) in [5, 5.41) is 15.8. The highest BCUT2D eigenvalue weighted by atomic mass is 16.5. The number of pyridine rings is 2. The number of hydrogen-bond acceptors (Lipinski definition) is 6. The van der Waals surface area contributed by atoms with Gasteiger partial charge in [-0.05, 0) is 24.3 Å². The highest BCUT2D eigenvalue weighted by Crippen LogP contribution is 2.38. The largest absolute Gasteiger partial charge is 0.496 e. The van der Waals surface area contributed by atoms with E-state index in [1.165, 1.54) is 18.5 Å². The van der Waals surface area contributed by atoms with Gasteiger partial charge in [-0.3, -0.25) is 9.78 Å². The molecule has 8 heteroatoms. The van der Waals surface area contributed by atoms with Crippen molar-refractivity contribution < 1.29 is 19.4 Å². The number of hydrogen-bond donors (Lipinski definition) is 3. The fraction of sp³-hybridized carbons (Fsp3) is 0.0833. The minimum Gasteiger partial charge on any atom is -0.496 e. The number of fused-ring (bicyclic) bond motifs is 1. The number of carboxylic acid groups (broad SMARTS) is 1.